The summed E-state index contributed by atoms with van der Waals surface area (Å²) in [6.07, 6.45) is 3.37. The van der Waals surface area contributed by atoms with E-state index in [9.17, 15) is 38.6 Å². The van der Waals surface area contributed by atoms with Gasteiger partial charge in [0.2, 0.25) is 23.6 Å². The second kappa shape index (κ2) is 22.5. The number of carbonyl (C=O) groups is 5. The molecule has 3 rings (SSSR count). The number of rotatable bonds is 23. The van der Waals surface area contributed by atoms with Gasteiger partial charge in [-0.1, -0.05) is 51.1 Å². The number of nitrogens with two attached hydrogens (primary N) is 2. The number of aliphatic carboxylic acids is 1. The highest BCUT2D eigenvalue weighted by molar-refractivity contribution is 5.84. The SMILES string of the molecule is CC(C)(C)[C@H](c1cc(-c2cc(F)ccc2F)cn1Cc1ccccc1)N(CC[C@H](N)C(=O)NCCNC(=O)CCCC(=O)N[C@@H](CCCCN)C(=O)O)C(=O)CO. The van der Waals surface area contributed by atoms with E-state index in [0.717, 1.165) is 23.8 Å². The van der Waals surface area contributed by atoms with Gasteiger partial charge in [-0.3, -0.25) is 19.2 Å². The Labute approximate surface area is 332 Å². The summed E-state index contributed by atoms with van der Waals surface area (Å²) in [6, 6.07) is 11.6. The monoisotopic (exact) mass is 797 g/mol. The summed E-state index contributed by atoms with van der Waals surface area (Å²) in [6.45, 7) is 5.80. The molecule has 1 heterocycles. The molecule has 0 aliphatic rings. The van der Waals surface area contributed by atoms with Crippen LogP contribution in [0.1, 0.15) is 83.0 Å². The molecule has 0 aliphatic carbocycles. The number of aliphatic hydroxyl groups is 1. The Bertz CT molecular complexity index is 1800. The van der Waals surface area contributed by atoms with Gasteiger partial charge in [0.25, 0.3) is 0 Å². The van der Waals surface area contributed by atoms with Gasteiger partial charge in [0.15, 0.2) is 0 Å². The van der Waals surface area contributed by atoms with Crippen LogP contribution < -0.4 is 27.4 Å². The predicted octanol–water partition coefficient (Wildman–Crippen LogP) is 3.21. The molecule has 1 aromatic heterocycles. The van der Waals surface area contributed by atoms with E-state index in [0.29, 0.717) is 37.2 Å². The zero-order chi connectivity index (χ0) is 42.1. The first-order valence-electron chi connectivity index (χ1n) is 19.2. The van der Waals surface area contributed by atoms with Crippen LogP contribution in [0.25, 0.3) is 11.1 Å². The predicted molar refractivity (Wildman–Crippen MR) is 211 cm³/mol. The molecular formula is C41H57F2N7O7. The standard InChI is InChI=1S/C41H57F2N7O7/c1-41(2,3)38(34-22-28(30-23-29(42)15-16-31(30)43)25-49(34)24-27-10-5-4-6-11-27)50(37(54)26-51)21-17-32(45)39(55)47-20-19-46-35(52)13-9-14-36(53)48-33(40(56)57)12-7-8-18-44/h4-6,10-11,15-16,22-23,25,32-33,38,51H,7-9,12-14,17-21,24,26,44-45H2,1-3H3,(H,46,52)(H,47,55)(H,48,53)(H,56,57)/t32-,33-,38-/m0/s1. The molecule has 0 spiro atoms. The first-order chi connectivity index (χ1) is 27.0. The van der Waals surface area contributed by atoms with Crippen molar-refractivity contribution in [2.45, 2.75) is 90.4 Å². The lowest BCUT2D eigenvalue weighted by Gasteiger charge is -2.41. The molecule has 0 radical (unpaired) electrons. The Morgan fingerprint density at radius 2 is 1.58 bits per heavy atom. The van der Waals surface area contributed by atoms with Gasteiger partial charge in [0, 0.05) is 62.0 Å². The van der Waals surface area contributed by atoms with Crippen molar-refractivity contribution in [2.75, 3.05) is 32.8 Å². The van der Waals surface area contributed by atoms with Crippen molar-refractivity contribution in [3.05, 3.63) is 83.7 Å². The van der Waals surface area contributed by atoms with Gasteiger partial charge in [-0.25, -0.2) is 13.6 Å². The molecular weight excluding hydrogens is 740 g/mol. The van der Waals surface area contributed by atoms with Crippen LogP contribution in [-0.2, 0) is 30.5 Å². The van der Waals surface area contributed by atoms with E-state index in [1.807, 2.05) is 55.7 Å². The zero-order valence-electron chi connectivity index (χ0n) is 32.9. The topological polar surface area (TPSA) is 222 Å². The van der Waals surface area contributed by atoms with Crippen molar-refractivity contribution in [2.24, 2.45) is 16.9 Å². The average Bonchev–Trinajstić information content (AvgIpc) is 3.56. The van der Waals surface area contributed by atoms with Crippen molar-refractivity contribution in [3.8, 4) is 11.1 Å². The summed E-state index contributed by atoms with van der Waals surface area (Å²) < 4.78 is 31.2. The molecule has 0 saturated carbocycles. The molecule has 0 unspecified atom stereocenters. The van der Waals surface area contributed by atoms with Gasteiger partial charge >= 0.3 is 5.97 Å². The number of carboxylic acid groups (broad SMARTS) is 1. The number of halogens is 2. The van der Waals surface area contributed by atoms with Crippen LogP contribution in [0.15, 0.2) is 60.8 Å². The smallest absolute Gasteiger partial charge is 0.326 e. The molecule has 0 aliphatic heterocycles. The molecule has 312 valence electrons. The van der Waals surface area contributed by atoms with Gasteiger partial charge in [-0.2, -0.15) is 0 Å². The fraction of sp³-hybridized carbons (Fsp3) is 0.488. The number of benzene rings is 2. The molecule has 14 nitrogen and oxygen atoms in total. The minimum atomic E-state index is -1.13. The van der Waals surface area contributed by atoms with Gasteiger partial charge in [-0.15, -0.1) is 0 Å². The minimum absolute atomic E-state index is 0.0130. The molecule has 3 atom stereocenters. The third-order valence-corrected chi connectivity index (χ3v) is 9.38. The van der Waals surface area contributed by atoms with E-state index in [1.54, 1.807) is 12.3 Å². The van der Waals surface area contributed by atoms with Crippen LogP contribution in [0.4, 0.5) is 8.78 Å². The Morgan fingerprint density at radius 3 is 2.23 bits per heavy atom. The summed E-state index contributed by atoms with van der Waals surface area (Å²) in [5.41, 5.74) is 13.0. The molecule has 3 aromatic rings. The van der Waals surface area contributed by atoms with Gasteiger partial charge < -0.3 is 47.1 Å². The van der Waals surface area contributed by atoms with E-state index >= 15 is 4.39 Å². The second-order valence-electron chi connectivity index (χ2n) is 15.0. The summed E-state index contributed by atoms with van der Waals surface area (Å²) in [7, 11) is 0. The lowest BCUT2D eigenvalue weighted by Crippen LogP contribution is -2.48. The van der Waals surface area contributed by atoms with E-state index in [1.165, 1.54) is 4.90 Å². The van der Waals surface area contributed by atoms with Crippen molar-refractivity contribution in [3.63, 3.8) is 0 Å². The molecule has 57 heavy (non-hydrogen) atoms. The fourth-order valence-corrected chi connectivity index (χ4v) is 6.54. The number of carboxylic acids is 1. The summed E-state index contributed by atoms with van der Waals surface area (Å²) in [4.78, 5) is 63.7. The Hall–Kier alpha value is -5.19. The normalized spacial score (nSPS) is 13.0. The van der Waals surface area contributed by atoms with Gasteiger partial charge in [-0.05, 0) is 73.9 Å². The molecule has 2 aromatic carbocycles. The molecule has 4 amide bonds. The fourth-order valence-electron chi connectivity index (χ4n) is 6.54. The van der Waals surface area contributed by atoms with Crippen molar-refractivity contribution < 1.29 is 43.0 Å². The highest BCUT2D eigenvalue weighted by Crippen LogP contribution is 2.41. The van der Waals surface area contributed by atoms with Crippen LogP contribution in [0.5, 0.6) is 0 Å². The number of aromatic nitrogens is 1. The zero-order valence-corrected chi connectivity index (χ0v) is 32.9. The Morgan fingerprint density at radius 1 is 0.895 bits per heavy atom. The molecule has 9 N–H and O–H groups in total. The van der Waals surface area contributed by atoms with Crippen molar-refractivity contribution in [1.29, 1.82) is 0 Å². The summed E-state index contributed by atoms with van der Waals surface area (Å²) in [5.74, 6) is -4.32. The number of hydrogen-bond donors (Lipinski definition) is 7. The van der Waals surface area contributed by atoms with E-state index in [4.69, 9.17) is 11.5 Å². The minimum Gasteiger partial charge on any atom is -0.480 e. The molecule has 0 fully saturated rings. The molecule has 0 saturated heterocycles. The quantitative estimate of drug-likeness (QED) is 0.0700. The number of nitrogens with one attached hydrogen (secondary N) is 3. The van der Waals surface area contributed by atoms with Crippen LogP contribution in [0.2, 0.25) is 0 Å². The van der Waals surface area contributed by atoms with Crippen molar-refractivity contribution in [1.82, 2.24) is 25.4 Å². The maximum Gasteiger partial charge on any atom is 0.326 e. The first kappa shape index (κ1) is 46.2. The summed E-state index contributed by atoms with van der Waals surface area (Å²) in [5, 5.41) is 27.2. The van der Waals surface area contributed by atoms with E-state index in [-0.39, 0.29) is 63.2 Å². The largest absolute Gasteiger partial charge is 0.480 e. The highest BCUT2D eigenvalue weighted by atomic mass is 19.1. The van der Waals surface area contributed by atoms with Crippen LogP contribution in [0, 0.1) is 17.0 Å². The van der Waals surface area contributed by atoms with Gasteiger partial charge in [0.1, 0.15) is 24.3 Å². The number of nitrogens with zero attached hydrogens (tertiary/aromatic N) is 2. The highest BCUT2D eigenvalue weighted by Gasteiger charge is 2.37. The first-order valence-corrected chi connectivity index (χ1v) is 19.2. The summed E-state index contributed by atoms with van der Waals surface area (Å²) >= 11 is 0. The number of carbonyl (C=O) groups excluding carboxylic acids is 4. The third-order valence-electron chi connectivity index (χ3n) is 9.38. The van der Waals surface area contributed by atoms with Crippen LogP contribution in [-0.4, -0.2) is 94.1 Å². The lowest BCUT2D eigenvalue weighted by atomic mass is 9.82. The molecule has 0 bridgehead atoms. The van der Waals surface area contributed by atoms with E-state index < -0.39 is 65.5 Å². The van der Waals surface area contributed by atoms with Crippen LogP contribution in [0.3, 0.4) is 0 Å². The number of hydrogen-bond acceptors (Lipinski definition) is 8. The van der Waals surface area contributed by atoms with Crippen molar-refractivity contribution >= 4 is 29.6 Å². The Balaban J connectivity index is 1.63. The average molecular weight is 798 g/mol. The number of unbranched alkanes of at least 4 members (excludes halogenated alkanes) is 1. The molecule has 16 heteroatoms. The Kier molecular flexibility index (Phi) is 18.3. The number of aliphatic hydroxyl groups excluding tert-OH is 1. The maximum absolute atomic E-state index is 15.0. The second-order valence-corrected chi connectivity index (χ2v) is 15.0. The third kappa shape index (κ3) is 14.7. The number of amides is 4. The maximum atomic E-state index is 15.0. The lowest BCUT2D eigenvalue weighted by molar-refractivity contribution is -0.142. The van der Waals surface area contributed by atoms with Crippen LogP contribution >= 0.6 is 0 Å². The van der Waals surface area contributed by atoms with E-state index in [2.05, 4.69) is 16.0 Å². The van der Waals surface area contributed by atoms with Gasteiger partial charge in [0.05, 0.1) is 12.1 Å².